The van der Waals surface area contributed by atoms with E-state index in [1.54, 1.807) is 0 Å². The molecule has 1 aromatic heterocycles. The van der Waals surface area contributed by atoms with E-state index in [0.29, 0.717) is 0 Å². The van der Waals surface area contributed by atoms with Crippen molar-refractivity contribution in [2.24, 2.45) is 5.92 Å². The summed E-state index contributed by atoms with van der Waals surface area (Å²) in [5.74, 6) is 2.79. The number of hydrogen-bond acceptors (Lipinski definition) is 2. The molecule has 1 aromatic rings. The third kappa shape index (κ3) is 2.23. The maximum absolute atomic E-state index is 4.49. The summed E-state index contributed by atoms with van der Waals surface area (Å²) >= 11 is 0. The van der Waals surface area contributed by atoms with Gasteiger partial charge in [-0.2, -0.15) is 0 Å². The summed E-state index contributed by atoms with van der Waals surface area (Å²) in [7, 11) is 0. The molecular weight excluding hydrogens is 186 g/mol. The van der Waals surface area contributed by atoms with E-state index in [1.165, 1.54) is 50.3 Å². The lowest BCUT2D eigenvalue weighted by molar-refractivity contribution is 0.371. The highest BCUT2D eigenvalue weighted by molar-refractivity contribution is 5.13. The van der Waals surface area contributed by atoms with Crippen molar-refractivity contribution in [3.63, 3.8) is 0 Å². The van der Waals surface area contributed by atoms with Gasteiger partial charge in [-0.1, -0.05) is 0 Å². The zero-order chi connectivity index (χ0) is 10.1. The highest BCUT2D eigenvalue weighted by atomic mass is 14.9. The maximum Gasteiger partial charge on any atom is 0.106 e. The molecule has 0 aromatic carbocycles. The molecule has 15 heavy (non-hydrogen) atoms. The Bertz CT molecular complexity index is 321. The Morgan fingerprint density at radius 3 is 3.00 bits per heavy atom. The second kappa shape index (κ2) is 3.97. The van der Waals surface area contributed by atoms with Crippen LogP contribution >= 0.6 is 0 Å². The van der Waals surface area contributed by atoms with Crippen LogP contribution < -0.4 is 5.32 Å². The molecule has 2 N–H and O–H groups in total. The van der Waals surface area contributed by atoms with Crippen molar-refractivity contribution in [2.75, 3.05) is 13.1 Å². The van der Waals surface area contributed by atoms with E-state index in [0.717, 1.165) is 18.3 Å². The van der Waals surface area contributed by atoms with Gasteiger partial charge in [0.1, 0.15) is 5.82 Å². The number of nitrogens with zero attached hydrogens (tertiary/aromatic N) is 1. The van der Waals surface area contributed by atoms with E-state index in [4.69, 9.17) is 0 Å². The van der Waals surface area contributed by atoms with Gasteiger partial charge in [0.05, 0.1) is 0 Å². The quantitative estimate of drug-likeness (QED) is 0.790. The van der Waals surface area contributed by atoms with Gasteiger partial charge in [-0.3, -0.25) is 0 Å². The van der Waals surface area contributed by atoms with Crippen molar-refractivity contribution in [3.8, 4) is 0 Å². The molecule has 3 nitrogen and oxygen atoms in total. The average molecular weight is 205 g/mol. The van der Waals surface area contributed by atoms with Crippen molar-refractivity contribution >= 4 is 0 Å². The second-order valence-electron chi connectivity index (χ2n) is 4.98. The topological polar surface area (TPSA) is 40.7 Å². The smallest absolute Gasteiger partial charge is 0.106 e. The van der Waals surface area contributed by atoms with Crippen LogP contribution in [0.5, 0.6) is 0 Å². The number of aromatic nitrogens is 2. The molecule has 2 aliphatic rings. The largest absolute Gasteiger partial charge is 0.346 e. The van der Waals surface area contributed by atoms with Crippen LogP contribution in [0, 0.1) is 5.92 Å². The molecule has 1 saturated heterocycles. The van der Waals surface area contributed by atoms with E-state index in [2.05, 4.69) is 15.3 Å². The van der Waals surface area contributed by atoms with E-state index >= 15 is 0 Å². The van der Waals surface area contributed by atoms with Crippen molar-refractivity contribution in [3.05, 3.63) is 17.7 Å². The Hall–Kier alpha value is -0.830. The molecule has 1 unspecified atom stereocenters. The third-order valence-corrected chi connectivity index (χ3v) is 3.55. The van der Waals surface area contributed by atoms with Gasteiger partial charge in [-0.15, -0.1) is 0 Å². The first-order chi connectivity index (χ1) is 7.42. The summed E-state index contributed by atoms with van der Waals surface area (Å²) in [6.45, 7) is 2.36. The lowest BCUT2D eigenvalue weighted by Gasteiger charge is -2.21. The number of H-pyrrole nitrogens is 1. The number of aromatic amines is 1. The summed E-state index contributed by atoms with van der Waals surface area (Å²) in [6, 6.07) is 0. The summed E-state index contributed by atoms with van der Waals surface area (Å²) in [5.41, 5.74) is 1.37. The molecule has 1 atom stereocenters. The van der Waals surface area contributed by atoms with Gasteiger partial charge in [0, 0.05) is 24.2 Å². The summed E-state index contributed by atoms with van der Waals surface area (Å²) < 4.78 is 0. The molecule has 3 rings (SSSR count). The maximum atomic E-state index is 4.49. The van der Waals surface area contributed by atoms with E-state index < -0.39 is 0 Å². The zero-order valence-corrected chi connectivity index (χ0v) is 9.13. The van der Waals surface area contributed by atoms with Crippen LogP contribution in [-0.2, 0) is 6.42 Å². The number of piperidine rings is 1. The monoisotopic (exact) mass is 205 g/mol. The molecule has 2 fully saturated rings. The Morgan fingerprint density at radius 1 is 1.33 bits per heavy atom. The minimum Gasteiger partial charge on any atom is -0.346 e. The Labute approximate surface area is 90.7 Å². The van der Waals surface area contributed by atoms with Crippen LogP contribution in [0.15, 0.2) is 6.20 Å². The minimum atomic E-state index is 0.789. The number of nitrogens with one attached hydrogen (secondary N) is 2. The Balaban J connectivity index is 1.60. The normalized spacial score (nSPS) is 26.8. The van der Waals surface area contributed by atoms with E-state index in [1.807, 2.05) is 6.20 Å². The van der Waals surface area contributed by atoms with Crippen LogP contribution in [0.25, 0.3) is 0 Å². The van der Waals surface area contributed by atoms with Crippen LogP contribution in [0.3, 0.4) is 0 Å². The molecule has 0 spiro atoms. The average Bonchev–Trinajstić information content (AvgIpc) is 3.02. The fraction of sp³-hybridized carbons (Fsp3) is 0.750. The van der Waals surface area contributed by atoms with Gasteiger partial charge in [0.15, 0.2) is 0 Å². The van der Waals surface area contributed by atoms with Crippen LogP contribution in [0.1, 0.15) is 43.1 Å². The molecule has 3 heteroatoms. The summed E-state index contributed by atoms with van der Waals surface area (Å²) in [4.78, 5) is 7.97. The molecule has 1 saturated carbocycles. The molecule has 0 amide bonds. The van der Waals surface area contributed by atoms with Gasteiger partial charge >= 0.3 is 0 Å². The van der Waals surface area contributed by atoms with Crippen LogP contribution in [0.2, 0.25) is 0 Å². The van der Waals surface area contributed by atoms with Gasteiger partial charge in [-0.25, -0.2) is 4.98 Å². The number of rotatable bonds is 3. The first-order valence-corrected chi connectivity index (χ1v) is 6.16. The van der Waals surface area contributed by atoms with Gasteiger partial charge in [0.25, 0.3) is 0 Å². The second-order valence-corrected chi connectivity index (χ2v) is 4.98. The standard InChI is InChI=1S/C12H19N3/c1-2-9(7-13-5-1)6-12-14-8-11(15-12)10-3-4-10/h8-10,13H,1-7H2,(H,14,15). The van der Waals surface area contributed by atoms with Crippen molar-refractivity contribution in [2.45, 2.75) is 38.0 Å². The molecule has 0 bridgehead atoms. The molecule has 82 valence electrons. The fourth-order valence-electron chi connectivity index (χ4n) is 2.46. The number of imidazole rings is 1. The van der Waals surface area contributed by atoms with Gasteiger partial charge < -0.3 is 10.3 Å². The van der Waals surface area contributed by atoms with E-state index in [-0.39, 0.29) is 0 Å². The highest BCUT2D eigenvalue weighted by Crippen LogP contribution is 2.38. The molecule has 1 aliphatic heterocycles. The lowest BCUT2D eigenvalue weighted by atomic mass is 9.96. The predicted molar refractivity (Wildman–Crippen MR) is 59.9 cm³/mol. The first-order valence-electron chi connectivity index (χ1n) is 6.16. The van der Waals surface area contributed by atoms with Crippen LogP contribution in [0.4, 0.5) is 0 Å². The number of hydrogen-bond donors (Lipinski definition) is 2. The molecular formula is C12H19N3. The summed E-state index contributed by atoms with van der Waals surface area (Å²) in [6.07, 6.45) is 8.55. The highest BCUT2D eigenvalue weighted by Gasteiger charge is 2.25. The van der Waals surface area contributed by atoms with Crippen molar-refractivity contribution in [1.82, 2.24) is 15.3 Å². The van der Waals surface area contributed by atoms with Crippen molar-refractivity contribution in [1.29, 1.82) is 0 Å². The van der Waals surface area contributed by atoms with Gasteiger partial charge in [0.2, 0.25) is 0 Å². The Morgan fingerprint density at radius 2 is 2.27 bits per heavy atom. The first kappa shape index (κ1) is 9.40. The molecule has 0 radical (unpaired) electrons. The Kier molecular flexibility index (Phi) is 2.49. The zero-order valence-electron chi connectivity index (χ0n) is 9.13. The predicted octanol–water partition coefficient (Wildman–Crippen LogP) is 1.83. The van der Waals surface area contributed by atoms with Crippen LogP contribution in [-0.4, -0.2) is 23.1 Å². The fourth-order valence-corrected chi connectivity index (χ4v) is 2.46. The van der Waals surface area contributed by atoms with Crippen molar-refractivity contribution < 1.29 is 0 Å². The lowest BCUT2D eigenvalue weighted by Crippen LogP contribution is -2.31. The third-order valence-electron chi connectivity index (χ3n) is 3.55. The molecule has 1 aliphatic carbocycles. The SMILES string of the molecule is c1nc(CC2CCCNC2)[nH]c1C1CC1. The molecule has 2 heterocycles. The minimum absolute atomic E-state index is 0.789. The van der Waals surface area contributed by atoms with E-state index in [9.17, 15) is 0 Å². The summed E-state index contributed by atoms with van der Waals surface area (Å²) in [5, 5.41) is 3.46. The van der Waals surface area contributed by atoms with Gasteiger partial charge in [-0.05, 0) is 44.7 Å².